The van der Waals surface area contributed by atoms with Crippen LogP contribution >= 0.6 is 0 Å². The van der Waals surface area contributed by atoms with Crippen LogP contribution < -0.4 is 10.1 Å². The quantitative estimate of drug-likeness (QED) is 0.840. The van der Waals surface area contributed by atoms with E-state index in [9.17, 15) is 9.90 Å². The molecule has 2 N–H and O–H groups in total. The van der Waals surface area contributed by atoms with Gasteiger partial charge in [0, 0.05) is 32.5 Å². The zero-order valence-electron chi connectivity index (χ0n) is 15.0. The lowest BCUT2D eigenvalue weighted by molar-refractivity contribution is 0.105. The smallest absolute Gasteiger partial charge is 0.317 e. The molecule has 1 aromatic rings. The number of carbonyl (C=O) groups is 1. The fraction of sp³-hybridized carbons (Fsp3) is 0.632. The Bertz CT molecular complexity index is 509. The van der Waals surface area contributed by atoms with E-state index < -0.39 is 0 Å². The molecular weight excluding hydrogens is 304 g/mol. The van der Waals surface area contributed by atoms with Gasteiger partial charge in [0.05, 0.1) is 6.10 Å². The van der Waals surface area contributed by atoms with Crippen LogP contribution in [0.1, 0.15) is 40.0 Å². The first-order valence-electron chi connectivity index (χ1n) is 8.78. The molecule has 1 aliphatic rings. The second-order valence-electron chi connectivity index (χ2n) is 7.49. The topological polar surface area (TPSA) is 61.8 Å². The fourth-order valence-corrected chi connectivity index (χ4v) is 3.17. The molecule has 0 aliphatic carbocycles. The van der Waals surface area contributed by atoms with Crippen molar-refractivity contribution >= 4 is 6.03 Å². The van der Waals surface area contributed by atoms with Crippen molar-refractivity contribution in [3.63, 3.8) is 0 Å². The largest absolute Gasteiger partial charge is 0.490 e. The second-order valence-corrected chi connectivity index (χ2v) is 7.49. The second kappa shape index (κ2) is 8.38. The highest BCUT2D eigenvalue weighted by Crippen LogP contribution is 2.22. The maximum Gasteiger partial charge on any atom is 0.317 e. The summed E-state index contributed by atoms with van der Waals surface area (Å²) in [7, 11) is 0. The van der Waals surface area contributed by atoms with Gasteiger partial charge in [-0.05, 0) is 30.9 Å². The van der Waals surface area contributed by atoms with Crippen molar-refractivity contribution in [2.75, 3.05) is 19.6 Å². The van der Waals surface area contributed by atoms with Crippen molar-refractivity contribution in [2.45, 2.75) is 52.2 Å². The molecule has 0 saturated carbocycles. The molecule has 2 rings (SSSR count). The van der Waals surface area contributed by atoms with Crippen LogP contribution in [0.15, 0.2) is 30.3 Å². The van der Waals surface area contributed by atoms with Gasteiger partial charge in [-0.2, -0.15) is 0 Å². The average Bonchev–Trinajstić information content (AvgIpc) is 2.53. The van der Waals surface area contributed by atoms with Crippen LogP contribution in [0.2, 0.25) is 0 Å². The Kier molecular flexibility index (Phi) is 6.49. The number of nitrogens with one attached hydrogen (secondary N) is 1. The van der Waals surface area contributed by atoms with Crippen LogP contribution in [-0.2, 0) is 0 Å². The Balaban J connectivity index is 1.72. The predicted molar refractivity (Wildman–Crippen MR) is 95.1 cm³/mol. The molecule has 5 heteroatoms. The molecule has 1 saturated heterocycles. The highest BCUT2D eigenvalue weighted by Gasteiger charge is 2.26. The number of aliphatic hydroxyl groups is 1. The summed E-state index contributed by atoms with van der Waals surface area (Å²) in [5.74, 6) is 0.889. The third-order valence-electron chi connectivity index (χ3n) is 4.34. The molecule has 1 aliphatic heterocycles. The van der Waals surface area contributed by atoms with Gasteiger partial charge in [0.25, 0.3) is 0 Å². The summed E-state index contributed by atoms with van der Waals surface area (Å²) in [5.41, 5.74) is -0.113. The summed E-state index contributed by atoms with van der Waals surface area (Å²) >= 11 is 0. The number of carbonyl (C=O) groups excluding carboxylic acids is 1. The van der Waals surface area contributed by atoms with Gasteiger partial charge in [-0.1, -0.05) is 32.0 Å². The molecule has 0 bridgehead atoms. The lowest BCUT2D eigenvalue weighted by Gasteiger charge is -2.33. The zero-order valence-corrected chi connectivity index (χ0v) is 15.0. The van der Waals surface area contributed by atoms with Gasteiger partial charge in [0.15, 0.2) is 0 Å². The van der Waals surface area contributed by atoms with Crippen LogP contribution in [0.4, 0.5) is 4.79 Å². The number of urea groups is 1. The lowest BCUT2D eigenvalue weighted by atomic mass is 9.87. The van der Waals surface area contributed by atoms with Crippen molar-refractivity contribution < 1.29 is 14.6 Å². The number of para-hydroxylation sites is 1. The Morgan fingerprint density at radius 3 is 2.54 bits per heavy atom. The fourth-order valence-electron chi connectivity index (χ4n) is 3.17. The predicted octanol–water partition coefficient (Wildman–Crippen LogP) is 3.04. The van der Waals surface area contributed by atoms with Gasteiger partial charge in [-0.3, -0.25) is 0 Å². The molecule has 1 heterocycles. The van der Waals surface area contributed by atoms with E-state index in [1.165, 1.54) is 0 Å². The molecule has 1 aromatic carbocycles. The molecule has 0 spiro atoms. The van der Waals surface area contributed by atoms with Crippen molar-refractivity contribution in [1.82, 2.24) is 10.2 Å². The number of hydrogen-bond acceptors (Lipinski definition) is 3. The molecule has 134 valence electrons. The molecule has 0 radical (unpaired) electrons. The molecule has 1 unspecified atom stereocenters. The first-order valence-corrected chi connectivity index (χ1v) is 8.78. The van der Waals surface area contributed by atoms with Gasteiger partial charge in [0.1, 0.15) is 11.9 Å². The zero-order chi connectivity index (χ0) is 17.6. The summed E-state index contributed by atoms with van der Waals surface area (Å²) in [6.45, 7) is 7.87. The standard InChI is InChI=1S/C19H30N2O3/c1-15(22)13-19(2,3)14-20-18(23)21-11-9-17(10-12-21)24-16-7-5-4-6-8-16/h4-8,15,17,22H,9-14H2,1-3H3,(H,20,23). The van der Waals surface area contributed by atoms with Crippen LogP contribution in [0.25, 0.3) is 0 Å². The van der Waals surface area contributed by atoms with Crippen LogP contribution in [0.3, 0.4) is 0 Å². The Labute approximate surface area is 145 Å². The van der Waals surface area contributed by atoms with E-state index in [0.29, 0.717) is 26.1 Å². The molecular formula is C19H30N2O3. The molecule has 5 nitrogen and oxygen atoms in total. The average molecular weight is 334 g/mol. The lowest BCUT2D eigenvalue weighted by Crippen LogP contribution is -2.48. The highest BCUT2D eigenvalue weighted by atomic mass is 16.5. The van der Waals surface area contributed by atoms with Crippen molar-refractivity contribution in [3.05, 3.63) is 30.3 Å². The summed E-state index contributed by atoms with van der Waals surface area (Å²) in [4.78, 5) is 14.2. The summed E-state index contributed by atoms with van der Waals surface area (Å²) in [6, 6.07) is 9.80. The van der Waals surface area contributed by atoms with Crippen molar-refractivity contribution in [2.24, 2.45) is 5.41 Å². The van der Waals surface area contributed by atoms with Gasteiger partial charge >= 0.3 is 6.03 Å². The van der Waals surface area contributed by atoms with Crippen LogP contribution in [0.5, 0.6) is 5.75 Å². The maximum atomic E-state index is 12.3. The first-order chi connectivity index (χ1) is 11.4. The summed E-state index contributed by atoms with van der Waals surface area (Å²) in [5, 5.41) is 12.5. The molecule has 1 atom stereocenters. The number of aliphatic hydroxyl groups excluding tert-OH is 1. The van der Waals surface area contributed by atoms with Crippen molar-refractivity contribution in [1.29, 1.82) is 0 Å². The molecule has 2 amide bonds. The van der Waals surface area contributed by atoms with E-state index >= 15 is 0 Å². The maximum absolute atomic E-state index is 12.3. The Morgan fingerprint density at radius 2 is 1.96 bits per heavy atom. The van der Waals surface area contributed by atoms with E-state index in [1.54, 1.807) is 6.92 Å². The van der Waals surface area contributed by atoms with E-state index in [4.69, 9.17) is 4.74 Å². The minimum Gasteiger partial charge on any atom is -0.490 e. The number of hydrogen-bond donors (Lipinski definition) is 2. The number of benzene rings is 1. The monoisotopic (exact) mass is 334 g/mol. The summed E-state index contributed by atoms with van der Waals surface area (Å²) < 4.78 is 5.96. The minimum atomic E-state index is -0.359. The van der Waals surface area contributed by atoms with Gasteiger partial charge in [-0.25, -0.2) is 4.79 Å². The summed E-state index contributed by atoms with van der Waals surface area (Å²) in [6.07, 6.45) is 2.17. The van der Waals surface area contributed by atoms with Gasteiger partial charge < -0.3 is 20.1 Å². The SMILES string of the molecule is CC(O)CC(C)(C)CNC(=O)N1CCC(Oc2ccccc2)CC1. The first kappa shape index (κ1) is 18.6. The Hall–Kier alpha value is -1.75. The van der Waals surface area contributed by atoms with Crippen LogP contribution in [0, 0.1) is 5.41 Å². The number of piperidine rings is 1. The van der Waals surface area contributed by atoms with E-state index in [1.807, 2.05) is 35.2 Å². The molecule has 24 heavy (non-hydrogen) atoms. The Morgan fingerprint density at radius 1 is 1.33 bits per heavy atom. The number of rotatable bonds is 6. The van der Waals surface area contributed by atoms with Crippen LogP contribution in [-0.4, -0.2) is 47.9 Å². The molecule has 1 fully saturated rings. The highest BCUT2D eigenvalue weighted by molar-refractivity contribution is 5.74. The normalized spacial score (nSPS) is 17.4. The molecule has 0 aromatic heterocycles. The third-order valence-corrected chi connectivity index (χ3v) is 4.34. The minimum absolute atomic E-state index is 0.0215. The number of amides is 2. The van der Waals surface area contributed by atoms with Gasteiger partial charge in [0.2, 0.25) is 0 Å². The number of ether oxygens (including phenoxy) is 1. The number of nitrogens with zero attached hydrogens (tertiary/aromatic N) is 1. The third kappa shape index (κ3) is 6.04. The number of likely N-dealkylation sites (tertiary alicyclic amines) is 1. The van der Waals surface area contributed by atoms with E-state index in [2.05, 4.69) is 19.2 Å². The van der Waals surface area contributed by atoms with Crippen molar-refractivity contribution in [3.8, 4) is 5.75 Å². The van der Waals surface area contributed by atoms with E-state index in [0.717, 1.165) is 18.6 Å². The van der Waals surface area contributed by atoms with Gasteiger partial charge in [-0.15, -0.1) is 0 Å². The van der Waals surface area contributed by atoms with E-state index in [-0.39, 0.29) is 23.7 Å².